The van der Waals surface area contributed by atoms with E-state index in [9.17, 15) is 14.9 Å². The van der Waals surface area contributed by atoms with Crippen molar-refractivity contribution in [3.05, 3.63) is 92.2 Å². The summed E-state index contributed by atoms with van der Waals surface area (Å²) < 4.78 is 0. The predicted molar refractivity (Wildman–Crippen MR) is 116 cm³/mol. The second-order valence-corrected chi connectivity index (χ2v) is 7.70. The van der Waals surface area contributed by atoms with Gasteiger partial charge in [0.15, 0.2) is 0 Å². The van der Waals surface area contributed by atoms with Gasteiger partial charge in [0, 0.05) is 30.1 Å². The summed E-state index contributed by atoms with van der Waals surface area (Å²) in [5, 5.41) is 16.1. The van der Waals surface area contributed by atoms with Gasteiger partial charge < -0.3 is 10.2 Å². The molecule has 0 fully saturated rings. The van der Waals surface area contributed by atoms with Gasteiger partial charge in [-0.25, -0.2) is 0 Å². The van der Waals surface area contributed by atoms with E-state index in [0.717, 1.165) is 30.9 Å². The molecule has 3 aromatic rings. The van der Waals surface area contributed by atoms with E-state index in [1.165, 1.54) is 28.7 Å². The number of thiophene rings is 1. The molecule has 1 aliphatic heterocycles. The van der Waals surface area contributed by atoms with E-state index in [4.69, 9.17) is 0 Å². The van der Waals surface area contributed by atoms with Crippen LogP contribution in [0.25, 0.3) is 6.08 Å². The first-order chi connectivity index (χ1) is 14.1. The topological polar surface area (TPSA) is 75.5 Å². The molecule has 29 heavy (non-hydrogen) atoms. The van der Waals surface area contributed by atoms with Gasteiger partial charge in [0.05, 0.1) is 21.9 Å². The van der Waals surface area contributed by atoms with Gasteiger partial charge in [0.2, 0.25) is 5.91 Å². The maximum absolute atomic E-state index is 12.5. The predicted octanol–water partition coefficient (Wildman–Crippen LogP) is 4.87. The van der Waals surface area contributed by atoms with Crippen molar-refractivity contribution in [3.8, 4) is 0 Å². The Bertz CT molecular complexity index is 1090. The van der Waals surface area contributed by atoms with Crippen molar-refractivity contribution >= 4 is 40.4 Å². The van der Waals surface area contributed by atoms with Crippen molar-refractivity contribution in [2.75, 3.05) is 16.8 Å². The average Bonchev–Trinajstić information content (AvgIpc) is 3.20. The lowest BCUT2D eigenvalue weighted by atomic mass is 10.1. The molecule has 1 amide bonds. The van der Waals surface area contributed by atoms with Crippen molar-refractivity contribution in [3.63, 3.8) is 0 Å². The van der Waals surface area contributed by atoms with Crippen LogP contribution in [-0.2, 0) is 17.8 Å². The zero-order valence-electron chi connectivity index (χ0n) is 15.6. The van der Waals surface area contributed by atoms with E-state index in [-0.39, 0.29) is 11.6 Å². The highest BCUT2D eigenvalue weighted by molar-refractivity contribution is 7.10. The number of carbonyl (C=O) groups excluding carboxylic acids is 1. The van der Waals surface area contributed by atoms with Gasteiger partial charge in [0.1, 0.15) is 0 Å². The number of nitro benzene ring substituents is 1. The van der Waals surface area contributed by atoms with Crippen molar-refractivity contribution in [1.29, 1.82) is 0 Å². The van der Waals surface area contributed by atoms with Crippen LogP contribution in [0.2, 0.25) is 0 Å². The number of nitro groups is 1. The van der Waals surface area contributed by atoms with Crippen molar-refractivity contribution in [2.45, 2.75) is 13.0 Å². The van der Waals surface area contributed by atoms with Crippen molar-refractivity contribution in [1.82, 2.24) is 0 Å². The highest BCUT2D eigenvalue weighted by Gasteiger charge is 2.20. The second kappa shape index (κ2) is 8.28. The van der Waals surface area contributed by atoms with Gasteiger partial charge in [0.25, 0.3) is 5.69 Å². The summed E-state index contributed by atoms with van der Waals surface area (Å²) in [7, 11) is 0. The molecule has 6 nitrogen and oxygen atoms in total. The van der Waals surface area contributed by atoms with Crippen LogP contribution in [0.5, 0.6) is 0 Å². The molecule has 0 bridgehead atoms. The van der Waals surface area contributed by atoms with Crippen molar-refractivity contribution < 1.29 is 9.72 Å². The van der Waals surface area contributed by atoms with Crippen LogP contribution in [0, 0.1) is 10.1 Å². The fourth-order valence-electron chi connectivity index (χ4n) is 3.44. The molecule has 0 saturated heterocycles. The Morgan fingerprint density at radius 2 is 1.93 bits per heavy atom. The summed E-state index contributed by atoms with van der Waals surface area (Å²) in [6, 6.07) is 16.2. The summed E-state index contributed by atoms with van der Waals surface area (Å²) in [5.74, 6) is -0.330. The van der Waals surface area contributed by atoms with Crippen LogP contribution in [-0.4, -0.2) is 17.4 Å². The lowest BCUT2D eigenvalue weighted by molar-refractivity contribution is -0.385. The number of fused-ring (bicyclic) bond motifs is 1. The minimum atomic E-state index is -0.456. The summed E-state index contributed by atoms with van der Waals surface area (Å²) in [6.07, 6.45) is 3.79. The largest absolute Gasteiger partial charge is 0.365 e. The first-order valence-corrected chi connectivity index (χ1v) is 10.1. The molecule has 1 aromatic heterocycles. The Labute approximate surface area is 172 Å². The van der Waals surface area contributed by atoms with Gasteiger partial charge in [-0.15, -0.1) is 11.3 Å². The number of nitrogens with zero attached hydrogens (tertiary/aromatic N) is 2. The standard InChI is InChI=1S/C22H19N3O3S/c26-22(10-9-16-5-1-3-7-19(16)25(27)28)23-18-6-2-4-8-20(18)24-13-11-21-17(15-24)12-14-29-21/h1-10,12,14H,11,13,15H2,(H,23,26). The third-order valence-electron chi connectivity index (χ3n) is 4.86. The van der Waals surface area contributed by atoms with Crippen LogP contribution in [0.3, 0.4) is 0 Å². The molecule has 0 atom stereocenters. The molecule has 1 N–H and O–H groups in total. The van der Waals surface area contributed by atoms with Crippen LogP contribution in [0.15, 0.2) is 66.1 Å². The van der Waals surface area contributed by atoms with E-state index < -0.39 is 4.92 Å². The number of nitrogens with one attached hydrogen (secondary N) is 1. The molecule has 0 unspecified atom stereocenters. The molecular weight excluding hydrogens is 386 g/mol. The molecule has 4 rings (SSSR count). The van der Waals surface area contributed by atoms with Crippen LogP contribution < -0.4 is 10.2 Å². The van der Waals surface area contributed by atoms with E-state index in [1.807, 2.05) is 24.3 Å². The van der Waals surface area contributed by atoms with Crippen LogP contribution in [0.4, 0.5) is 17.1 Å². The number of hydrogen-bond donors (Lipinski definition) is 1. The summed E-state index contributed by atoms with van der Waals surface area (Å²) >= 11 is 1.79. The maximum Gasteiger partial charge on any atom is 0.276 e. The lowest BCUT2D eigenvalue weighted by Crippen LogP contribution is -2.30. The molecule has 2 aromatic carbocycles. The second-order valence-electron chi connectivity index (χ2n) is 6.70. The molecule has 1 aliphatic rings. The van der Waals surface area contributed by atoms with Crippen LogP contribution in [0.1, 0.15) is 16.0 Å². The molecular formula is C22H19N3O3S. The molecule has 2 heterocycles. The Hall–Kier alpha value is -3.45. The van der Waals surface area contributed by atoms with Gasteiger partial charge in [-0.1, -0.05) is 24.3 Å². The minimum absolute atomic E-state index is 0.0307. The smallest absolute Gasteiger partial charge is 0.276 e. The van der Waals surface area contributed by atoms with E-state index in [0.29, 0.717) is 5.56 Å². The van der Waals surface area contributed by atoms with Gasteiger partial charge in [-0.2, -0.15) is 0 Å². The molecule has 7 heteroatoms. The molecule has 0 radical (unpaired) electrons. The average molecular weight is 405 g/mol. The van der Waals surface area contributed by atoms with Gasteiger partial charge in [-0.05, 0) is 47.7 Å². The molecule has 0 spiro atoms. The van der Waals surface area contributed by atoms with Crippen molar-refractivity contribution in [2.24, 2.45) is 0 Å². The third kappa shape index (κ3) is 4.20. The van der Waals surface area contributed by atoms with Crippen LogP contribution >= 0.6 is 11.3 Å². The number of amides is 1. The zero-order valence-corrected chi connectivity index (χ0v) is 16.4. The highest BCUT2D eigenvalue weighted by atomic mass is 32.1. The number of anilines is 2. The number of carbonyl (C=O) groups is 1. The van der Waals surface area contributed by atoms with E-state index in [1.54, 1.807) is 29.5 Å². The summed E-state index contributed by atoms with van der Waals surface area (Å²) in [5.41, 5.74) is 3.39. The Balaban J connectivity index is 1.51. The van der Waals surface area contributed by atoms with E-state index in [2.05, 4.69) is 21.7 Å². The zero-order chi connectivity index (χ0) is 20.2. The SMILES string of the molecule is O=C(C=Cc1ccccc1[N+](=O)[O-])Nc1ccccc1N1CCc2sccc2C1. The van der Waals surface area contributed by atoms with E-state index >= 15 is 0 Å². The number of hydrogen-bond acceptors (Lipinski definition) is 5. The normalized spacial score (nSPS) is 13.3. The number of rotatable bonds is 5. The fourth-order valence-corrected chi connectivity index (χ4v) is 4.33. The molecule has 146 valence electrons. The lowest BCUT2D eigenvalue weighted by Gasteiger charge is -2.30. The summed E-state index contributed by atoms with van der Waals surface area (Å²) in [4.78, 5) is 26.8. The quantitative estimate of drug-likeness (QED) is 0.373. The Morgan fingerprint density at radius 3 is 2.79 bits per heavy atom. The first-order valence-electron chi connectivity index (χ1n) is 9.23. The van der Waals surface area contributed by atoms with Gasteiger partial charge in [-0.3, -0.25) is 14.9 Å². The monoisotopic (exact) mass is 405 g/mol. The minimum Gasteiger partial charge on any atom is -0.365 e. The number of para-hydroxylation sites is 3. The third-order valence-corrected chi connectivity index (χ3v) is 5.88. The number of benzene rings is 2. The molecule has 0 aliphatic carbocycles. The van der Waals surface area contributed by atoms with Gasteiger partial charge >= 0.3 is 0 Å². The fraction of sp³-hybridized carbons (Fsp3) is 0.136. The maximum atomic E-state index is 12.5. The Kier molecular flexibility index (Phi) is 5.39. The highest BCUT2D eigenvalue weighted by Crippen LogP contribution is 2.32. The molecule has 0 saturated carbocycles. The first kappa shape index (κ1) is 18.9. The summed E-state index contributed by atoms with van der Waals surface area (Å²) in [6.45, 7) is 1.71. The Morgan fingerprint density at radius 1 is 1.14 bits per heavy atom.